The van der Waals surface area contributed by atoms with Crippen LogP contribution in [0.15, 0.2) is 36.4 Å². The Morgan fingerprint density at radius 1 is 0.795 bits per heavy atom. The summed E-state index contributed by atoms with van der Waals surface area (Å²) in [5.74, 6) is -4.30. The van der Waals surface area contributed by atoms with Crippen molar-refractivity contribution in [1.29, 1.82) is 0 Å². The van der Waals surface area contributed by atoms with Crippen LogP contribution in [-0.2, 0) is 11.2 Å². The van der Waals surface area contributed by atoms with Crippen LogP contribution in [0.25, 0.3) is 0 Å². The maximum Gasteiger partial charge on any atom is 0.253 e. The van der Waals surface area contributed by atoms with E-state index in [1.54, 1.807) is 4.90 Å². The lowest BCUT2D eigenvalue weighted by Crippen LogP contribution is -2.56. The summed E-state index contributed by atoms with van der Waals surface area (Å²) in [6.07, 6.45) is -0.520. The third kappa shape index (κ3) is 10.7. The lowest BCUT2D eigenvalue weighted by Gasteiger charge is -2.33. The number of carbonyl (C=O) groups is 4. The zero-order chi connectivity index (χ0) is 33.0. The summed E-state index contributed by atoms with van der Waals surface area (Å²) < 4.78 is 28.1. The first-order valence-electron chi connectivity index (χ1n) is 14.9. The number of hydrogen-bond acceptors (Lipinski definition) is 6. The van der Waals surface area contributed by atoms with Gasteiger partial charge in [0, 0.05) is 42.8 Å². The third-order valence-electron chi connectivity index (χ3n) is 7.13. The lowest BCUT2D eigenvalue weighted by molar-refractivity contribution is -0.121. The normalized spacial score (nSPS) is 13.8. The molecule has 12 heteroatoms. The Morgan fingerprint density at radius 2 is 1.34 bits per heavy atom. The predicted molar refractivity (Wildman–Crippen MR) is 162 cm³/mol. The standard InChI is InChI=1S/C32H44F2N4O6/c1-5-8-9-26(36-19(4)39)28(40)29(41)27(14-20-12-24(33)18-25(34)13-20)37-31(43)22-15-21(30(35)42)16-23(17-22)32(44)38(10-6-2)11-7-3/h12-13,15-18,26-29,40-41H,5-11,14H2,1-4H3,(H2,35,42)(H,36,39)(H,37,43). The van der Waals surface area contributed by atoms with Crippen molar-refractivity contribution in [2.75, 3.05) is 13.1 Å². The SMILES string of the molecule is CCCCC(NC(C)=O)C(O)C(O)C(Cc1cc(F)cc(F)c1)NC(=O)c1cc(C(N)=O)cc(C(=O)N(CCC)CCC)c1. The molecule has 2 aromatic carbocycles. The van der Waals surface area contributed by atoms with E-state index in [4.69, 9.17) is 5.73 Å². The van der Waals surface area contributed by atoms with Crippen LogP contribution in [-0.4, -0.2) is 76.1 Å². The maximum absolute atomic E-state index is 14.0. The molecule has 0 aliphatic carbocycles. The quantitative estimate of drug-likeness (QED) is 0.183. The average molecular weight is 619 g/mol. The van der Waals surface area contributed by atoms with Gasteiger partial charge in [-0.1, -0.05) is 33.6 Å². The highest BCUT2D eigenvalue weighted by Crippen LogP contribution is 2.19. The van der Waals surface area contributed by atoms with Crippen LogP contribution < -0.4 is 16.4 Å². The molecule has 0 fully saturated rings. The van der Waals surface area contributed by atoms with Crippen LogP contribution in [0.1, 0.15) is 96.4 Å². The fourth-order valence-corrected chi connectivity index (χ4v) is 5.04. The summed E-state index contributed by atoms with van der Waals surface area (Å²) in [5, 5.41) is 27.6. The fraction of sp³-hybridized carbons (Fsp3) is 0.500. The van der Waals surface area contributed by atoms with Gasteiger partial charge in [0.15, 0.2) is 0 Å². The average Bonchev–Trinajstić information content (AvgIpc) is 2.96. The van der Waals surface area contributed by atoms with E-state index in [0.29, 0.717) is 44.8 Å². The Labute approximate surface area is 257 Å². The molecule has 0 radical (unpaired) electrons. The van der Waals surface area contributed by atoms with Crippen molar-refractivity contribution in [3.63, 3.8) is 0 Å². The third-order valence-corrected chi connectivity index (χ3v) is 7.13. The van der Waals surface area contributed by atoms with E-state index in [-0.39, 0.29) is 28.7 Å². The van der Waals surface area contributed by atoms with Crippen molar-refractivity contribution in [2.24, 2.45) is 5.73 Å². The molecule has 0 aliphatic rings. The molecule has 242 valence electrons. The Morgan fingerprint density at radius 3 is 1.86 bits per heavy atom. The van der Waals surface area contributed by atoms with Crippen molar-refractivity contribution in [3.05, 3.63) is 70.3 Å². The number of nitrogens with one attached hydrogen (secondary N) is 2. The molecule has 4 atom stereocenters. The van der Waals surface area contributed by atoms with Crippen LogP contribution in [0, 0.1) is 11.6 Å². The second kappa shape index (κ2) is 17.4. The van der Waals surface area contributed by atoms with Gasteiger partial charge in [-0.15, -0.1) is 0 Å². The highest BCUT2D eigenvalue weighted by atomic mass is 19.1. The molecule has 4 amide bonds. The fourth-order valence-electron chi connectivity index (χ4n) is 5.04. The second-order valence-electron chi connectivity index (χ2n) is 10.9. The second-order valence-corrected chi connectivity index (χ2v) is 10.9. The number of unbranched alkanes of at least 4 members (excludes halogenated alkanes) is 1. The van der Waals surface area contributed by atoms with Gasteiger partial charge in [-0.05, 0) is 61.6 Å². The number of halogens is 2. The topological polar surface area (TPSA) is 162 Å². The Balaban J connectivity index is 2.52. The van der Waals surface area contributed by atoms with Crippen molar-refractivity contribution >= 4 is 23.6 Å². The minimum absolute atomic E-state index is 0.0583. The van der Waals surface area contributed by atoms with Gasteiger partial charge in [0.05, 0.1) is 12.1 Å². The van der Waals surface area contributed by atoms with Crippen LogP contribution in [0.3, 0.4) is 0 Å². The lowest BCUT2D eigenvalue weighted by atomic mass is 9.91. The highest BCUT2D eigenvalue weighted by Gasteiger charge is 2.34. The van der Waals surface area contributed by atoms with Crippen molar-refractivity contribution in [2.45, 2.75) is 90.5 Å². The van der Waals surface area contributed by atoms with E-state index in [1.165, 1.54) is 25.1 Å². The van der Waals surface area contributed by atoms with Crippen LogP contribution in [0.2, 0.25) is 0 Å². The van der Waals surface area contributed by atoms with E-state index in [0.717, 1.165) is 18.6 Å². The molecule has 44 heavy (non-hydrogen) atoms. The molecule has 2 rings (SSSR count). The zero-order valence-corrected chi connectivity index (χ0v) is 25.7. The van der Waals surface area contributed by atoms with Gasteiger partial charge in [0.1, 0.15) is 23.8 Å². The molecule has 10 nitrogen and oxygen atoms in total. The van der Waals surface area contributed by atoms with E-state index in [2.05, 4.69) is 10.6 Å². The molecular weight excluding hydrogens is 574 g/mol. The number of carbonyl (C=O) groups excluding carboxylic acids is 4. The van der Waals surface area contributed by atoms with Crippen LogP contribution in [0.4, 0.5) is 8.78 Å². The zero-order valence-electron chi connectivity index (χ0n) is 25.7. The van der Waals surface area contributed by atoms with Crippen LogP contribution in [0.5, 0.6) is 0 Å². The maximum atomic E-state index is 14.0. The molecule has 0 spiro atoms. The molecule has 0 saturated heterocycles. The van der Waals surface area contributed by atoms with E-state index < -0.39 is 59.6 Å². The van der Waals surface area contributed by atoms with Gasteiger partial charge in [-0.3, -0.25) is 19.2 Å². The van der Waals surface area contributed by atoms with Gasteiger partial charge < -0.3 is 31.5 Å². The molecule has 0 saturated carbocycles. The summed E-state index contributed by atoms with van der Waals surface area (Å²) in [7, 11) is 0. The van der Waals surface area contributed by atoms with Gasteiger partial charge in [-0.25, -0.2) is 8.78 Å². The summed E-state index contributed by atoms with van der Waals surface area (Å²) in [4.78, 5) is 52.5. The van der Waals surface area contributed by atoms with E-state index in [9.17, 15) is 38.2 Å². The van der Waals surface area contributed by atoms with Crippen molar-refractivity contribution < 1.29 is 38.2 Å². The molecule has 0 aliphatic heterocycles. The van der Waals surface area contributed by atoms with Gasteiger partial charge >= 0.3 is 0 Å². The summed E-state index contributed by atoms with van der Waals surface area (Å²) in [6.45, 7) is 7.92. The van der Waals surface area contributed by atoms with Gasteiger partial charge in [-0.2, -0.15) is 0 Å². The van der Waals surface area contributed by atoms with E-state index >= 15 is 0 Å². The number of aliphatic hydroxyl groups excluding tert-OH is 2. The predicted octanol–water partition coefficient (Wildman–Crippen LogP) is 3.08. The molecule has 2 aromatic rings. The monoisotopic (exact) mass is 618 g/mol. The summed E-state index contributed by atoms with van der Waals surface area (Å²) >= 11 is 0. The molecule has 0 aromatic heterocycles. The first-order chi connectivity index (χ1) is 20.8. The molecule has 6 N–H and O–H groups in total. The minimum Gasteiger partial charge on any atom is -0.388 e. The molecule has 0 heterocycles. The Hall–Kier alpha value is -3.90. The number of benzene rings is 2. The Bertz CT molecular complexity index is 1280. The number of rotatable bonds is 17. The summed E-state index contributed by atoms with van der Waals surface area (Å²) in [5.41, 5.74) is 5.43. The number of primary amides is 1. The largest absolute Gasteiger partial charge is 0.388 e. The van der Waals surface area contributed by atoms with Gasteiger partial charge in [0.25, 0.3) is 11.8 Å². The number of nitrogens with two attached hydrogens (primary N) is 1. The molecule has 4 unspecified atom stereocenters. The highest BCUT2D eigenvalue weighted by molar-refractivity contribution is 6.04. The molecular formula is C32H44F2N4O6. The first kappa shape index (κ1) is 36.3. The number of nitrogens with zero attached hydrogens (tertiary/aromatic N) is 1. The Kier molecular flexibility index (Phi) is 14.4. The van der Waals surface area contributed by atoms with Crippen molar-refractivity contribution in [3.8, 4) is 0 Å². The van der Waals surface area contributed by atoms with E-state index in [1.807, 2.05) is 20.8 Å². The van der Waals surface area contributed by atoms with Gasteiger partial charge in [0.2, 0.25) is 11.8 Å². The summed E-state index contributed by atoms with van der Waals surface area (Å²) in [6, 6.07) is 4.34. The number of aliphatic hydroxyl groups is 2. The van der Waals surface area contributed by atoms with Crippen molar-refractivity contribution in [1.82, 2.24) is 15.5 Å². The minimum atomic E-state index is -1.70. The molecule has 0 bridgehead atoms. The number of amides is 4. The van der Waals surface area contributed by atoms with Crippen LogP contribution >= 0.6 is 0 Å². The first-order valence-corrected chi connectivity index (χ1v) is 14.9. The number of hydrogen-bond donors (Lipinski definition) is 5. The smallest absolute Gasteiger partial charge is 0.253 e.